The van der Waals surface area contributed by atoms with Crippen LogP contribution in [0.15, 0.2) is 0 Å². The van der Waals surface area contributed by atoms with Crippen LogP contribution in [0.25, 0.3) is 0 Å². The minimum Gasteiger partial charge on any atom is -0.383 e. The highest BCUT2D eigenvalue weighted by atomic mass is 35.5. The second-order valence-electron chi connectivity index (χ2n) is 4.84. The Labute approximate surface area is 110 Å². The molecule has 1 amide bonds. The van der Waals surface area contributed by atoms with E-state index in [4.69, 9.17) is 4.74 Å². The van der Waals surface area contributed by atoms with E-state index in [1.54, 1.807) is 7.11 Å². The first-order chi connectivity index (χ1) is 7.65. The zero-order valence-electron chi connectivity index (χ0n) is 11.1. The molecule has 1 N–H and O–H groups in total. The third-order valence-electron chi connectivity index (χ3n) is 2.63. The number of hydrogen-bond donors (Lipinski definition) is 1. The predicted octanol–water partition coefficient (Wildman–Crippen LogP) is 1.29. The summed E-state index contributed by atoms with van der Waals surface area (Å²) in [6.45, 7) is 7.02. The van der Waals surface area contributed by atoms with Gasteiger partial charge in [0.2, 0.25) is 5.91 Å². The summed E-state index contributed by atoms with van der Waals surface area (Å²) in [6, 6.07) is 0.513. The molecule has 1 rings (SSSR count). The van der Waals surface area contributed by atoms with Gasteiger partial charge in [0.25, 0.3) is 0 Å². The van der Waals surface area contributed by atoms with Gasteiger partial charge in [0.1, 0.15) is 0 Å². The molecule has 4 nitrogen and oxygen atoms in total. The molecular weight excluding hydrogens is 240 g/mol. The fourth-order valence-corrected chi connectivity index (χ4v) is 1.71. The molecule has 5 heteroatoms. The van der Waals surface area contributed by atoms with Crippen LogP contribution in [0, 0.1) is 5.92 Å². The number of nitrogens with one attached hydrogen (secondary N) is 1. The average molecular weight is 265 g/mol. The maximum Gasteiger partial charge on any atom is 0.236 e. The molecule has 1 aliphatic carbocycles. The van der Waals surface area contributed by atoms with E-state index in [-0.39, 0.29) is 18.3 Å². The number of ether oxygens (including phenoxy) is 1. The van der Waals surface area contributed by atoms with Gasteiger partial charge in [-0.25, -0.2) is 0 Å². The Morgan fingerprint density at radius 1 is 1.47 bits per heavy atom. The van der Waals surface area contributed by atoms with E-state index in [9.17, 15) is 4.79 Å². The Morgan fingerprint density at radius 3 is 2.59 bits per heavy atom. The number of halogens is 1. The number of rotatable bonds is 8. The largest absolute Gasteiger partial charge is 0.383 e. The van der Waals surface area contributed by atoms with Crippen LogP contribution in [0.2, 0.25) is 0 Å². The van der Waals surface area contributed by atoms with E-state index < -0.39 is 0 Å². The van der Waals surface area contributed by atoms with Crippen LogP contribution < -0.4 is 5.32 Å². The quantitative estimate of drug-likeness (QED) is 0.672. The monoisotopic (exact) mass is 264 g/mol. The molecule has 0 aromatic rings. The molecule has 0 bridgehead atoms. The molecule has 17 heavy (non-hydrogen) atoms. The van der Waals surface area contributed by atoms with Gasteiger partial charge in [0.05, 0.1) is 13.2 Å². The van der Waals surface area contributed by atoms with Crippen LogP contribution in [0.4, 0.5) is 0 Å². The van der Waals surface area contributed by atoms with E-state index in [1.807, 2.05) is 4.90 Å². The molecule has 0 unspecified atom stereocenters. The predicted molar refractivity (Wildman–Crippen MR) is 71.6 cm³/mol. The number of carbonyl (C=O) groups is 1. The molecule has 0 aromatic carbocycles. The molecule has 0 aromatic heterocycles. The molecule has 1 saturated carbocycles. The number of hydrogen-bond acceptors (Lipinski definition) is 3. The molecule has 102 valence electrons. The van der Waals surface area contributed by atoms with E-state index in [0.29, 0.717) is 25.1 Å². The fourth-order valence-electron chi connectivity index (χ4n) is 1.71. The Bertz CT molecular complexity index is 221. The summed E-state index contributed by atoms with van der Waals surface area (Å²) in [7, 11) is 1.67. The number of nitrogens with zero attached hydrogens (tertiary/aromatic N) is 1. The standard InChI is InChI=1S/C12H24N2O2.ClH/c1-10(2)9-14(11-4-5-11)12(15)8-13-6-7-16-3;/h10-11,13H,4-9H2,1-3H3;1H. The number of carbonyl (C=O) groups excluding carboxylic acids is 1. The lowest BCUT2D eigenvalue weighted by atomic mass is 10.2. The van der Waals surface area contributed by atoms with Crippen molar-refractivity contribution < 1.29 is 9.53 Å². The summed E-state index contributed by atoms with van der Waals surface area (Å²) in [6.07, 6.45) is 2.35. The second kappa shape index (κ2) is 8.72. The van der Waals surface area contributed by atoms with Crippen molar-refractivity contribution in [1.29, 1.82) is 0 Å². The van der Waals surface area contributed by atoms with Crippen LogP contribution in [0.3, 0.4) is 0 Å². The second-order valence-corrected chi connectivity index (χ2v) is 4.84. The van der Waals surface area contributed by atoms with Gasteiger partial charge in [0, 0.05) is 26.2 Å². The normalized spacial score (nSPS) is 14.6. The smallest absolute Gasteiger partial charge is 0.236 e. The van der Waals surface area contributed by atoms with Gasteiger partial charge < -0.3 is 15.0 Å². The third kappa shape index (κ3) is 6.86. The van der Waals surface area contributed by atoms with Crippen molar-refractivity contribution >= 4 is 18.3 Å². The first-order valence-electron chi connectivity index (χ1n) is 6.14. The average Bonchev–Trinajstić information content (AvgIpc) is 3.04. The minimum atomic E-state index is 0. The van der Waals surface area contributed by atoms with Crippen molar-refractivity contribution in [2.45, 2.75) is 32.7 Å². The van der Waals surface area contributed by atoms with E-state index >= 15 is 0 Å². The van der Waals surface area contributed by atoms with Gasteiger partial charge in [-0.15, -0.1) is 12.4 Å². The Balaban J connectivity index is 0.00000256. The topological polar surface area (TPSA) is 41.6 Å². The van der Waals surface area contributed by atoms with Crippen LogP contribution in [0.5, 0.6) is 0 Å². The molecule has 0 heterocycles. The summed E-state index contributed by atoms with van der Waals surface area (Å²) in [4.78, 5) is 14.0. The highest BCUT2D eigenvalue weighted by Gasteiger charge is 2.32. The van der Waals surface area contributed by atoms with Gasteiger partial charge in [0.15, 0.2) is 0 Å². The van der Waals surface area contributed by atoms with Crippen LogP contribution in [-0.4, -0.2) is 50.2 Å². The lowest BCUT2D eigenvalue weighted by molar-refractivity contribution is -0.131. The summed E-state index contributed by atoms with van der Waals surface area (Å²) in [5.74, 6) is 0.774. The molecule has 0 aliphatic heterocycles. The van der Waals surface area contributed by atoms with Gasteiger partial charge in [-0.2, -0.15) is 0 Å². The summed E-state index contributed by atoms with van der Waals surface area (Å²) >= 11 is 0. The van der Waals surface area contributed by atoms with E-state index in [0.717, 1.165) is 13.1 Å². The van der Waals surface area contributed by atoms with Crippen molar-refractivity contribution in [2.24, 2.45) is 5.92 Å². The number of amides is 1. The van der Waals surface area contributed by atoms with Gasteiger partial charge >= 0.3 is 0 Å². The maximum atomic E-state index is 11.9. The zero-order chi connectivity index (χ0) is 12.0. The van der Waals surface area contributed by atoms with Crippen LogP contribution in [-0.2, 0) is 9.53 Å². The molecule has 0 atom stereocenters. The van der Waals surface area contributed by atoms with Crippen molar-refractivity contribution in [1.82, 2.24) is 10.2 Å². The first-order valence-corrected chi connectivity index (χ1v) is 6.14. The highest BCUT2D eigenvalue weighted by molar-refractivity contribution is 5.85. The Kier molecular flexibility index (Phi) is 8.56. The van der Waals surface area contributed by atoms with Crippen molar-refractivity contribution in [3.05, 3.63) is 0 Å². The lowest BCUT2D eigenvalue weighted by Crippen LogP contribution is -2.42. The van der Waals surface area contributed by atoms with Crippen LogP contribution in [0.1, 0.15) is 26.7 Å². The van der Waals surface area contributed by atoms with Gasteiger partial charge in [-0.3, -0.25) is 4.79 Å². The molecular formula is C12H25ClN2O2. The third-order valence-corrected chi connectivity index (χ3v) is 2.63. The highest BCUT2D eigenvalue weighted by Crippen LogP contribution is 2.27. The van der Waals surface area contributed by atoms with E-state index in [1.165, 1.54) is 12.8 Å². The SMILES string of the molecule is COCCNCC(=O)N(CC(C)C)C1CC1.Cl. The van der Waals surface area contributed by atoms with Gasteiger partial charge in [-0.05, 0) is 18.8 Å². The zero-order valence-corrected chi connectivity index (χ0v) is 11.9. The Morgan fingerprint density at radius 2 is 2.12 bits per heavy atom. The first kappa shape index (κ1) is 16.7. The lowest BCUT2D eigenvalue weighted by Gasteiger charge is -2.24. The van der Waals surface area contributed by atoms with Crippen molar-refractivity contribution in [3.8, 4) is 0 Å². The van der Waals surface area contributed by atoms with E-state index in [2.05, 4.69) is 19.2 Å². The summed E-state index contributed by atoms with van der Waals surface area (Å²) < 4.78 is 4.92. The number of methoxy groups -OCH3 is 1. The maximum absolute atomic E-state index is 11.9. The minimum absolute atomic E-state index is 0. The molecule has 0 radical (unpaired) electrons. The summed E-state index contributed by atoms with van der Waals surface area (Å²) in [5.41, 5.74) is 0. The summed E-state index contributed by atoms with van der Waals surface area (Å²) in [5, 5.41) is 3.11. The van der Waals surface area contributed by atoms with Crippen LogP contribution >= 0.6 is 12.4 Å². The van der Waals surface area contributed by atoms with Crippen molar-refractivity contribution in [3.63, 3.8) is 0 Å². The van der Waals surface area contributed by atoms with Crippen molar-refractivity contribution in [2.75, 3.05) is 33.4 Å². The molecule has 0 saturated heterocycles. The fraction of sp³-hybridized carbons (Fsp3) is 0.917. The Hall–Kier alpha value is -0.320. The van der Waals surface area contributed by atoms with Gasteiger partial charge in [-0.1, -0.05) is 13.8 Å². The molecule has 1 fully saturated rings. The molecule has 0 spiro atoms. The molecule has 1 aliphatic rings.